The molecule has 5 heteroatoms. The van der Waals surface area contributed by atoms with Crippen LogP contribution < -0.4 is 0 Å². The van der Waals surface area contributed by atoms with E-state index in [4.69, 9.17) is 4.55 Å². The van der Waals surface area contributed by atoms with Crippen molar-refractivity contribution < 1.29 is 13.3 Å². The van der Waals surface area contributed by atoms with Gasteiger partial charge in [0, 0.05) is 6.07 Å². The van der Waals surface area contributed by atoms with Crippen LogP contribution in [0.5, 0.6) is 0 Å². The number of nitrogens with zero attached hydrogens (tertiary/aromatic N) is 1. The zero-order chi connectivity index (χ0) is 7.56. The summed E-state index contributed by atoms with van der Waals surface area (Å²) in [5.74, 6) is 0.458. The smallest absolute Gasteiger partial charge is 0.160 e. The Morgan fingerprint density at radius 2 is 2.60 bits per heavy atom. The van der Waals surface area contributed by atoms with Gasteiger partial charge in [-0.2, -0.15) is 0 Å². The number of hydrogen-bond acceptors (Lipinski definition) is 3. The predicted octanol–water partition coefficient (Wildman–Crippen LogP) is 0.705. The van der Waals surface area contributed by atoms with Gasteiger partial charge >= 0.3 is 0 Å². The molecule has 56 valence electrons. The lowest BCUT2D eigenvalue weighted by atomic mass is 10.4. The van der Waals surface area contributed by atoms with Crippen LogP contribution in [0.1, 0.15) is 11.5 Å². The van der Waals surface area contributed by atoms with Gasteiger partial charge < -0.3 is 9.08 Å². The predicted molar refractivity (Wildman–Crippen MR) is 35.7 cm³/mol. The lowest BCUT2D eigenvalue weighted by Gasteiger charge is -1.84. The molecule has 10 heavy (non-hydrogen) atoms. The zero-order valence-electron chi connectivity index (χ0n) is 5.40. The molecule has 1 rings (SSSR count). The normalized spacial score (nSPS) is 13.4. The van der Waals surface area contributed by atoms with Gasteiger partial charge in [0.2, 0.25) is 0 Å². The second-order valence-electron chi connectivity index (χ2n) is 1.90. The zero-order valence-corrected chi connectivity index (χ0v) is 6.22. The fraction of sp³-hybridized carbons (Fsp3) is 0.400. The molecular weight excluding hydrogens is 154 g/mol. The summed E-state index contributed by atoms with van der Waals surface area (Å²) in [6.45, 7) is 1.76. The van der Waals surface area contributed by atoms with Crippen molar-refractivity contribution in [3.05, 3.63) is 17.5 Å². The molecule has 0 aliphatic heterocycles. The highest BCUT2D eigenvalue weighted by molar-refractivity contribution is 7.78. The van der Waals surface area contributed by atoms with Crippen molar-refractivity contribution >= 4 is 11.1 Å². The average Bonchev–Trinajstić information content (AvgIpc) is 2.13. The summed E-state index contributed by atoms with van der Waals surface area (Å²) in [4.78, 5) is 0. The minimum atomic E-state index is -1.84. The molecule has 1 aromatic rings. The fourth-order valence-electron chi connectivity index (χ4n) is 0.606. The highest BCUT2D eigenvalue weighted by atomic mass is 32.2. The molecule has 0 amide bonds. The molecule has 0 aromatic carbocycles. The second-order valence-corrected chi connectivity index (χ2v) is 2.83. The largest absolute Gasteiger partial charge is 0.360 e. The maximum absolute atomic E-state index is 10.2. The standard InChI is InChI=1S/C5H7NO3S/c1-4-2-5(9-6-4)3-10(7)8/h2H,3H2,1H3,(H,7,8). The molecule has 1 unspecified atom stereocenters. The molecule has 0 spiro atoms. The van der Waals surface area contributed by atoms with Crippen LogP contribution in [0.4, 0.5) is 0 Å². The van der Waals surface area contributed by atoms with E-state index < -0.39 is 11.1 Å². The lowest BCUT2D eigenvalue weighted by molar-refractivity contribution is 0.388. The van der Waals surface area contributed by atoms with E-state index in [1.807, 2.05) is 0 Å². The van der Waals surface area contributed by atoms with E-state index in [2.05, 4.69) is 9.68 Å². The van der Waals surface area contributed by atoms with Gasteiger partial charge in [-0.3, -0.25) is 0 Å². The van der Waals surface area contributed by atoms with E-state index in [9.17, 15) is 4.21 Å². The van der Waals surface area contributed by atoms with Crippen molar-refractivity contribution in [3.8, 4) is 0 Å². The first-order chi connectivity index (χ1) is 4.68. The third-order valence-electron chi connectivity index (χ3n) is 0.942. The average molecular weight is 161 g/mol. The van der Waals surface area contributed by atoms with Gasteiger partial charge in [-0.25, -0.2) is 4.21 Å². The van der Waals surface area contributed by atoms with Crippen molar-refractivity contribution in [1.82, 2.24) is 5.16 Å². The Bertz CT molecular complexity index is 245. The highest BCUT2D eigenvalue weighted by Gasteiger charge is 2.02. The van der Waals surface area contributed by atoms with Crippen molar-refractivity contribution in [2.45, 2.75) is 12.7 Å². The van der Waals surface area contributed by atoms with Crippen LogP contribution in [0.15, 0.2) is 10.6 Å². The van der Waals surface area contributed by atoms with Crippen molar-refractivity contribution in [3.63, 3.8) is 0 Å². The van der Waals surface area contributed by atoms with E-state index >= 15 is 0 Å². The minimum Gasteiger partial charge on any atom is -0.360 e. The summed E-state index contributed by atoms with van der Waals surface area (Å²) in [6.07, 6.45) is 0. The van der Waals surface area contributed by atoms with Crippen LogP contribution >= 0.6 is 0 Å². The van der Waals surface area contributed by atoms with Gasteiger partial charge in [0.1, 0.15) is 5.75 Å². The van der Waals surface area contributed by atoms with Crippen LogP contribution in [0, 0.1) is 6.92 Å². The Balaban J connectivity index is 2.67. The van der Waals surface area contributed by atoms with E-state index in [0.717, 1.165) is 5.69 Å². The van der Waals surface area contributed by atoms with E-state index in [1.54, 1.807) is 13.0 Å². The third-order valence-corrected chi connectivity index (χ3v) is 1.47. The Morgan fingerprint density at radius 3 is 3.00 bits per heavy atom. The van der Waals surface area contributed by atoms with Crippen LogP contribution in [0.25, 0.3) is 0 Å². The van der Waals surface area contributed by atoms with Crippen LogP contribution in [-0.2, 0) is 16.8 Å². The number of hydrogen-bond donors (Lipinski definition) is 1. The molecule has 0 aliphatic rings. The molecule has 0 aliphatic carbocycles. The molecule has 4 nitrogen and oxygen atoms in total. The van der Waals surface area contributed by atoms with E-state index in [0.29, 0.717) is 5.76 Å². The van der Waals surface area contributed by atoms with Crippen LogP contribution in [0.2, 0.25) is 0 Å². The molecule has 0 radical (unpaired) electrons. The van der Waals surface area contributed by atoms with Gasteiger partial charge in [-0.1, -0.05) is 5.16 Å². The Labute approximate surface area is 60.5 Å². The maximum Gasteiger partial charge on any atom is 0.160 e. The summed E-state index contributed by atoms with van der Waals surface area (Å²) in [7, 11) is 0. The summed E-state index contributed by atoms with van der Waals surface area (Å²) >= 11 is -1.84. The topological polar surface area (TPSA) is 63.3 Å². The maximum atomic E-state index is 10.2. The monoisotopic (exact) mass is 161 g/mol. The van der Waals surface area contributed by atoms with Crippen molar-refractivity contribution in [1.29, 1.82) is 0 Å². The Morgan fingerprint density at radius 1 is 1.90 bits per heavy atom. The first-order valence-corrected chi connectivity index (χ1v) is 3.95. The molecule has 0 fully saturated rings. The fourth-order valence-corrected chi connectivity index (χ4v) is 0.985. The van der Waals surface area contributed by atoms with E-state index in [1.165, 1.54) is 0 Å². The second kappa shape index (κ2) is 2.94. The number of rotatable bonds is 2. The Kier molecular flexibility index (Phi) is 2.18. The third kappa shape index (κ3) is 1.93. The van der Waals surface area contributed by atoms with Crippen molar-refractivity contribution in [2.75, 3.05) is 0 Å². The van der Waals surface area contributed by atoms with E-state index in [-0.39, 0.29) is 5.75 Å². The van der Waals surface area contributed by atoms with Gasteiger partial charge in [-0.05, 0) is 6.92 Å². The van der Waals surface area contributed by atoms with Crippen LogP contribution in [-0.4, -0.2) is 13.9 Å². The van der Waals surface area contributed by atoms with Gasteiger partial charge in [0.25, 0.3) is 0 Å². The van der Waals surface area contributed by atoms with Gasteiger partial charge in [0.05, 0.1) is 5.69 Å². The summed E-state index contributed by atoms with van der Waals surface area (Å²) in [5.41, 5.74) is 0.723. The van der Waals surface area contributed by atoms with Crippen LogP contribution in [0.3, 0.4) is 0 Å². The molecule has 1 N–H and O–H groups in total. The lowest BCUT2D eigenvalue weighted by Crippen LogP contribution is -1.89. The number of aromatic nitrogens is 1. The number of aryl methyl sites for hydroxylation is 1. The first kappa shape index (κ1) is 7.43. The molecule has 1 atom stereocenters. The van der Waals surface area contributed by atoms with Crippen molar-refractivity contribution in [2.24, 2.45) is 0 Å². The molecule has 0 saturated heterocycles. The first-order valence-electron chi connectivity index (χ1n) is 2.68. The Hall–Kier alpha value is -0.680. The molecule has 1 aromatic heterocycles. The molecule has 0 saturated carbocycles. The van der Waals surface area contributed by atoms with Gasteiger partial charge in [0.15, 0.2) is 16.8 Å². The highest BCUT2D eigenvalue weighted by Crippen LogP contribution is 2.03. The SMILES string of the molecule is Cc1cc(CS(=O)O)on1. The molecular formula is C5H7NO3S. The summed E-state index contributed by atoms with van der Waals surface area (Å²) < 4.78 is 23.3. The summed E-state index contributed by atoms with van der Waals surface area (Å²) in [6, 6.07) is 1.63. The summed E-state index contributed by atoms with van der Waals surface area (Å²) in [5, 5.41) is 3.55. The molecule has 1 heterocycles. The van der Waals surface area contributed by atoms with Gasteiger partial charge in [-0.15, -0.1) is 0 Å². The molecule has 0 bridgehead atoms. The minimum absolute atomic E-state index is 0.0147. The quantitative estimate of drug-likeness (QED) is 0.648.